The molecule has 21 heavy (non-hydrogen) atoms. The second-order valence-corrected chi connectivity index (χ2v) is 5.39. The van der Waals surface area contributed by atoms with Gasteiger partial charge in [-0.15, -0.1) is 0 Å². The van der Waals surface area contributed by atoms with E-state index in [0.29, 0.717) is 11.3 Å². The van der Waals surface area contributed by atoms with Crippen molar-refractivity contribution >= 4 is 27.3 Å². The summed E-state index contributed by atoms with van der Waals surface area (Å²) in [4.78, 5) is 10.7. The molecule has 0 radical (unpaired) electrons. The van der Waals surface area contributed by atoms with Gasteiger partial charge in [0.2, 0.25) is 0 Å². The normalized spacial score (nSPS) is 11.8. The molecule has 0 saturated heterocycles. The van der Waals surface area contributed by atoms with Crippen molar-refractivity contribution in [1.29, 1.82) is 0 Å². The molecule has 6 heteroatoms. The predicted octanol–water partition coefficient (Wildman–Crippen LogP) is 4.54. The number of nitro groups is 1. The second-order valence-electron chi connectivity index (χ2n) is 4.53. The molecule has 0 aliphatic carbocycles. The molecule has 1 atom stereocenters. The molecule has 0 saturated carbocycles. The summed E-state index contributed by atoms with van der Waals surface area (Å²) in [7, 11) is 1.59. The molecule has 0 fully saturated rings. The van der Waals surface area contributed by atoms with E-state index in [1.54, 1.807) is 25.3 Å². The Morgan fingerprint density at radius 2 is 2.00 bits per heavy atom. The van der Waals surface area contributed by atoms with Crippen LogP contribution >= 0.6 is 15.9 Å². The zero-order valence-corrected chi connectivity index (χ0v) is 13.3. The van der Waals surface area contributed by atoms with Crippen molar-refractivity contribution < 1.29 is 9.66 Å². The van der Waals surface area contributed by atoms with Crippen molar-refractivity contribution in [1.82, 2.24) is 0 Å². The third kappa shape index (κ3) is 3.52. The molecular weight excluding hydrogens is 336 g/mol. The number of benzene rings is 2. The fourth-order valence-corrected chi connectivity index (χ4v) is 2.51. The van der Waals surface area contributed by atoms with Crippen molar-refractivity contribution in [3.8, 4) is 5.75 Å². The zero-order valence-electron chi connectivity index (χ0n) is 11.7. The van der Waals surface area contributed by atoms with E-state index < -0.39 is 0 Å². The lowest BCUT2D eigenvalue weighted by molar-refractivity contribution is -0.385. The predicted molar refractivity (Wildman–Crippen MR) is 85.8 cm³/mol. The maximum Gasteiger partial charge on any atom is 0.274 e. The number of halogens is 1. The summed E-state index contributed by atoms with van der Waals surface area (Å²) in [6.07, 6.45) is 0. The number of para-hydroxylation sites is 1. The van der Waals surface area contributed by atoms with Gasteiger partial charge in [0.05, 0.1) is 28.1 Å². The van der Waals surface area contributed by atoms with Gasteiger partial charge in [0.1, 0.15) is 5.75 Å². The van der Waals surface area contributed by atoms with E-state index >= 15 is 0 Å². The van der Waals surface area contributed by atoms with Crippen LogP contribution in [0.1, 0.15) is 18.5 Å². The Morgan fingerprint density at radius 1 is 1.29 bits per heavy atom. The Morgan fingerprint density at radius 3 is 2.67 bits per heavy atom. The summed E-state index contributed by atoms with van der Waals surface area (Å²) in [5.74, 6) is 0.703. The van der Waals surface area contributed by atoms with E-state index in [9.17, 15) is 10.1 Å². The first kappa shape index (κ1) is 15.3. The molecule has 0 aliphatic heterocycles. The Labute approximate surface area is 131 Å². The average molecular weight is 351 g/mol. The number of ether oxygens (including phenoxy) is 1. The minimum atomic E-state index is -0.365. The molecule has 2 aromatic carbocycles. The Bertz CT molecular complexity index is 661. The highest BCUT2D eigenvalue weighted by atomic mass is 79.9. The summed E-state index contributed by atoms with van der Waals surface area (Å²) in [6.45, 7) is 1.89. The fourth-order valence-electron chi connectivity index (χ4n) is 2.10. The molecule has 5 nitrogen and oxygen atoms in total. The van der Waals surface area contributed by atoms with Crippen LogP contribution in [0, 0.1) is 10.1 Å². The van der Waals surface area contributed by atoms with Crippen LogP contribution in [0.4, 0.5) is 11.4 Å². The SMILES string of the molecule is COc1cc(NC(C)c2ccccc2[N+](=O)[O-])ccc1Br. The molecular formula is C15H15BrN2O3. The fraction of sp³-hybridized carbons (Fsp3) is 0.200. The number of methoxy groups -OCH3 is 1. The maximum absolute atomic E-state index is 11.1. The first-order chi connectivity index (χ1) is 10.0. The molecule has 0 bridgehead atoms. The summed E-state index contributed by atoms with van der Waals surface area (Å²) < 4.78 is 6.10. The molecule has 0 spiro atoms. The number of nitrogens with one attached hydrogen (secondary N) is 1. The van der Waals surface area contributed by atoms with Crippen molar-refractivity contribution in [2.75, 3.05) is 12.4 Å². The maximum atomic E-state index is 11.1. The second kappa shape index (κ2) is 6.58. The van der Waals surface area contributed by atoms with Crippen LogP contribution in [0.3, 0.4) is 0 Å². The quantitative estimate of drug-likeness (QED) is 0.635. The van der Waals surface area contributed by atoms with Crippen molar-refractivity contribution in [2.24, 2.45) is 0 Å². The van der Waals surface area contributed by atoms with Crippen LogP contribution in [-0.2, 0) is 0 Å². The van der Waals surface area contributed by atoms with Gasteiger partial charge < -0.3 is 10.1 Å². The van der Waals surface area contributed by atoms with Crippen LogP contribution < -0.4 is 10.1 Å². The Hall–Kier alpha value is -2.08. The van der Waals surface area contributed by atoms with E-state index in [1.807, 2.05) is 25.1 Å². The van der Waals surface area contributed by atoms with Crippen LogP contribution in [0.15, 0.2) is 46.9 Å². The average Bonchev–Trinajstić information content (AvgIpc) is 2.49. The van der Waals surface area contributed by atoms with Crippen molar-refractivity contribution in [3.05, 3.63) is 62.6 Å². The van der Waals surface area contributed by atoms with Gasteiger partial charge in [-0.3, -0.25) is 10.1 Å². The van der Waals surface area contributed by atoms with Gasteiger partial charge in [0, 0.05) is 17.8 Å². The van der Waals surface area contributed by atoms with Gasteiger partial charge >= 0.3 is 0 Å². The Balaban J connectivity index is 2.26. The molecule has 0 aliphatic rings. The monoisotopic (exact) mass is 350 g/mol. The van der Waals surface area contributed by atoms with Crippen LogP contribution in [-0.4, -0.2) is 12.0 Å². The topological polar surface area (TPSA) is 64.4 Å². The summed E-state index contributed by atoms with van der Waals surface area (Å²) in [5, 5.41) is 14.3. The lowest BCUT2D eigenvalue weighted by atomic mass is 10.1. The molecule has 110 valence electrons. The molecule has 1 unspecified atom stereocenters. The highest BCUT2D eigenvalue weighted by molar-refractivity contribution is 9.10. The van der Waals surface area contributed by atoms with Crippen LogP contribution in [0.2, 0.25) is 0 Å². The lowest BCUT2D eigenvalue weighted by Crippen LogP contribution is -2.09. The van der Waals surface area contributed by atoms with E-state index in [0.717, 1.165) is 10.2 Å². The van der Waals surface area contributed by atoms with Gasteiger partial charge in [-0.2, -0.15) is 0 Å². The van der Waals surface area contributed by atoms with E-state index in [1.165, 1.54) is 6.07 Å². The van der Waals surface area contributed by atoms with Crippen molar-refractivity contribution in [2.45, 2.75) is 13.0 Å². The van der Waals surface area contributed by atoms with Crippen LogP contribution in [0.5, 0.6) is 5.75 Å². The zero-order chi connectivity index (χ0) is 15.4. The smallest absolute Gasteiger partial charge is 0.274 e. The van der Waals surface area contributed by atoms with Gasteiger partial charge in [0.25, 0.3) is 5.69 Å². The van der Waals surface area contributed by atoms with Crippen LogP contribution in [0.25, 0.3) is 0 Å². The summed E-state index contributed by atoms with van der Waals surface area (Å²) in [5.41, 5.74) is 1.59. The van der Waals surface area contributed by atoms with E-state index in [4.69, 9.17) is 4.74 Å². The van der Waals surface area contributed by atoms with E-state index in [-0.39, 0.29) is 16.7 Å². The number of nitro benzene ring substituents is 1. The molecule has 2 rings (SSSR count). The molecule has 1 N–H and O–H groups in total. The molecule has 2 aromatic rings. The summed E-state index contributed by atoms with van der Waals surface area (Å²) >= 11 is 3.39. The van der Waals surface area contributed by atoms with Gasteiger partial charge in [-0.05, 0) is 35.0 Å². The third-order valence-electron chi connectivity index (χ3n) is 3.13. The molecule has 0 amide bonds. The van der Waals surface area contributed by atoms with E-state index in [2.05, 4.69) is 21.2 Å². The highest BCUT2D eigenvalue weighted by Crippen LogP contribution is 2.31. The number of nitrogens with zero attached hydrogens (tertiary/aromatic N) is 1. The molecule has 0 aromatic heterocycles. The van der Waals surface area contributed by atoms with Gasteiger partial charge in [-0.25, -0.2) is 0 Å². The number of hydrogen-bond acceptors (Lipinski definition) is 4. The first-order valence-corrected chi connectivity index (χ1v) is 7.15. The standard InChI is InChI=1S/C15H15BrN2O3/c1-10(12-5-3-4-6-14(12)18(19)20)17-11-7-8-13(16)15(9-11)21-2/h3-10,17H,1-2H3. The van der Waals surface area contributed by atoms with Crippen molar-refractivity contribution in [3.63, 3.8) is 0 Å². The van der Waals surface area contributed by atoms with Gasteiger partial charge in [0.15, 0.2) is 0 Å². The number of anilines is 1. The summed E-state index contributed by atoms with van der Waals surface area (Å²) in [6, 6.07) is 12.1. The largest absolute Gasteiger partial charge is 0.495 e. The molecule has 0 heterocycles. The third-order valence-corrected chi connectivity index (χ3v) is 3.79. The van der Waals surface area contributed by atoms with Gasteiger partial charge in [-0.1, -0.05) is 18.2 Å². The Kier molecular flexibility index (Phi) is 4.80. The highest BCUT2D eigenvalue weighted by Gasteiger charge is 2.18. The number of hydrogen-bond donors (Lipinski definition) is 1. The minimum absolute atomic E-state index is 0.113. The number of rotatable bonds is 5. The lowest BCUT2D eigenvalue weighted by Gasteiger charge is -2.16. The minimum Gasteiger partial charge on any atom is -0.495 e. The first-order valence-electron chi connectivity index (χ1n) is 6.36.